The van der Waals surface area contributed by atoms with Crippen molar-refractivity contribution in [1.29, 1.82) is 0 Å². The Morgan fingerprint density at radius 2 is 1.74 bits per heavy atom. The van der Waals surface area contributed by atoms with E-state index in [0.717, 1.165) is 5.56 Å². The van der Waals surface area contributed by atoms with Crippen molar-refractivity contribution in [2.75, 3.05) is 13.7 Å². The molecule has 254 valence electrons. The number of hydrogen-bond acceptors (Lipinski definition) is 8. The Morgan fingerprint density at radius 1 is 1.02 bits per heavy atom. The molecular formula is C36H45ClN2O8. The maximum Gasteiger partial charge on any atom is 0.347 e. The molecule has 0 radical (unpaired) electrons. The molecule has 47 heavy (non-hydrogen) atoms. The van der Waals surface area contributed by atoms with Gasteiger partial charge in [0.25, 0.3) is 0 Å². The molecule has 2 aromatic rings. The third kappa shape index (κ3) is 9.81. The van der Waals surface area contributed by atoms with Gasteiger partial charge >= 0.3 is 11.9 Å². The van der Waals surface area contributed by atoms with Crippen molar-refractivity contribution < 1.29 is 38.1 Å². The third-order valence-electron chi connectivity index (χ3n) is 8.41. The summed E-state index contributed by atoms with van der Waals surface area (Å²) in [4.78, 5) is 53.6. The van der Waals surface area contributed by atoms with E-state index in [1.54, 1.807) is 38.1 Å². The summed E-state index contributed by atoms with van der Waals surface area (Å²) in [5.74, 6) is -2.06. The Bertz CT molecular complexity index is 1460. The molecule has 1 fully saturated rings. The number of epoxide rings is 1. The molecule has 10 nitrogen and oxygen atoms in total. The van der Waals surface area contributed by atoms with Crippen LogP contribution in [-0.2, 0) is 39.8 Å². The number of carbonyl (C=O) groups excluding carboxylic acids is 4. The zero-order valence-corrected chi connectivity index (χ0v) is 28.5. The lowest BCUT2D eigenvalue weighted by atomic mass is 9.92. The summed E-state index contributed by atoms with van der Waals surface area (Å²) < 4.78 is 23.1. The number of esters is 2. The highest BCUT2D eigenvalue weighted by Crippen LogP contribution is 2.45. The fraction of sp³-hybridized carbons (Fsp3) is 0.500. The van der Waals surface area contributed by atoms with E-state index in [9.17, 15) is 19.2 Å². The predicted octanol–water partition coefficient (Wildman–Crippen LogP) is 5.12. The van der Waals surface area contributed by atoms with Crippen molar-refractivity contribution in [1.82, 2.24) is 10.6 Å². The second-order valence-corrected chi connectivity index (χ2v) is 13.7. The number of carbonyl (C=O) groups is 4. The van der Waals surface area contributed by atoms with Crippen LogP contribution in [0.25, 0.3) is 0 Å². The van der Waals surface area contributed by atoms with Gasteiger partial charge in [0, 0.05) is 25.3 Å². The third-order valence-corrected chi connectivity index (χ3v) is 8.70. The summed E-state index contributed by atoms with van der Waals surface area (Å²) in [6.07, 6.45) is 1.34. The van der Waals surface area contributed by atoms with Gasteiger partial charge in [0.15, 0.2) is 6.10 Å². The summed E-state index contributed by atoms with van der Waals surface area (Å²) >= 11 is 6.32. The van der Waals surface area contributed by atoms with Gasteiger partial charge in [-0.2, -0.15) is 0 Å². The number of rotatable bonds is 8. The van der Waals surface area contributed by atoms with Crippen molar-refractivity contribution in [3.63, 3.8) is 0 Å². The smallest absolute Gasteiger partial charge is 0.347 e. The van der Waals surface area contributed by atoms with E-state index in [1.807, 2.05) is 51.1 Å². The minimum absolute atomic E-state index is 0.0228. The Kier molecular flexibility index (Phi) is 12.1. The molecule has 0 aliphatic carbocycles. The summed E-state index contributed by atoms with van der Waals surface area (Å²) in [6, 6.07) is 13.9. The summed E-state index contributed by atoms with van der Waals surface area (Å²) in [5, 5.41) is 5.91. The molecular weight excluding hydrogens is 624 g/mol. The fourth-order valence-electron chi connectivity index (χ4n) is 5.46. The van der Waals surface area contributed by atoms with Crippen molar-refractivity contribution in [3.05, 3.63) is 76.8 Å². The Hall–Kier alpha value is -3.89. The number of hydrogen-bond donors (Lipinski definition) is 2. The highest BCUT2D eigenvalue weighted by Gasteiger charge is 2.48. The zero-order chi connectivity index (χ0) is 34.3. The first-order chi connectivity index (χ1) is 22.3. The van der Waals surface area contributed by atoms with Gasteiger partial charge in [-0.05, 0) is 55.5 Å². The van der Waals surface area contributed by atoms with Gasteiger partial charge < -0.3 is 29.6 Å². The van der Waals surface area contributed by atoms with Gasteiger partial charge in [-0.1, -0.05) is 74.8 Å². The van der Waals surface area contributed by atoms with Crippen LogP contribution in [0, 0.1) is 17.3 Å². The Morgan fingerprint density at radius 3 is 2.40 bits per heavy atom. The van der Waals surface area contributed by atoms with Crippen LogP contribution >= 0.6 is 11.6 Å². The van der Waals surface area contributed by atoms with E-state index in [1.165, 1.54) is 13.2 Å². The van der Waals surface area contributed by atoms with Gasteiger partial charge in [0.2, 0.25) is 11.8 Å². The van der Waals surface area contributed by atoms with Crippen LogP contribution in [0.5, 0.6) is 5.75 Å². The molecule has 0 aromatic heterocycles. The van der Waals surface area contributed by atoms with Crippen LogP contribution in [0.2, 0.25) is 5.02 Å². The topological polar surface area (TPSA) is 133 Å². The number of cyclic esters (lactones) is 2. The van der Waals surface area contributed by atoms with Gasteiger partial charge in [0.1, 0.15) is 24.0 Å². The molecule has 2 aliphatic rings. The van der Waals surface area contributed by atoms with E-state index >= 15 is 0 Å². The van der Waals surface area contributed by atoms with E-state index in [0.29, 0.717) is 16.3 Å². The van der Waals surface area contributed by atoms with Crippen LogP contribution in [0.1, 0.15) is 64.7 Å². The molecule has 11 heteroatoms. The first kappa shape index (κ1) is 36.0. The van der Waals surface area contributed by atoms with Crippen molar-refractivity contribution in [2.24, 2.45) is 17.3 Å². The summed E-state index contributed by atoms with van der Waals surface area (Å²) in [7, 11) is 1.51. The molecule has 6 atom stereocenters. The molecule has 4 rings (SSSR count). The van der Waals surface area contributed by atoms with E-state index in [-0.39, 0.29) is 49.9 Å². The first-order valence-corrected chi connectivity index (χ1v) is 16.4. The number of benzene rings is 2. The molecule has 2 aliphatic heterocycles. The average molecular weight is 669 g/mol. The maximum absolute atomic E-state index is 13.6. The summed E-state index contributed by atoms with van der Waals surface area (Å²) in [5.41, 5.74) is 0.524. The normalized spacial score (nSPS) is 26.1. The number of amides is 2. The lowest BCUT2D eigenvalue weighted by Crippen LogP contribution is -2.51. The number of methoxy groups -OCH3 is 1. The second-order valence-electron chi connectivity index (χ2n) is 13.3. The van der Waals surface area contributed by atoms with Gasteiger partial charge in [0.05, 0.1) is 23.7 Å². The molecule has 2 amide bonds. The van der Waals surface area contributed by atoms with Crippen LogP contribution in [0.3, 0.4) is 0 Å². The predicted molar refractivity (Wildman–Crippen MR) is 177 cm³/mol. The van der Waals surface area contributed by atoms with Gasteiger partial charge in [-0.25, -0.2) is 4.79 Å². The van der Waals surface area contributed by atoms with Crippen LogP contribution in [-0.4, -0.2) is 61.8 Å². The van der Waals surface area contributed by atoms with E-state index in [2.05, 4.69) is 10.6 Å². The lowest BCUT2D eigenvalue weighted by molar-refractivity contribution is -0.179. The molecule has 0 spiro atoms. The quantitative estimate of drug-likeness (QED) is 0.293. The van der Waals surface area contributed by atoms with E-state index in [4.69, 9.17) is 30.5 Å². The molecule has 2 aromatic carbocycles. The van der Waals surface area contributed by atoms with Crippen molar-refractivity contribution >= 4 is 35.4 Å². The van der Waals surface area contributed by atoms with Crippen LogP contribution in [0.4, 0.5) is 0 Å². The number of ether oxygens (including phenoxy) is 4. The molecule has 1 saturated heterocycles. The molecule has 0 saturated carbocycles. The van der Waals surface area contributed by atoms with Gasteiger partial charge in [-0.3, -0.25) is 14.4 Å². The zero-order valence-electron chi connectivity index (χ0n) is 27.8. The van der Waals surface area contributed by atoms with Crippen LogP contribution in [0.15, 0.2) is 60.7 Å². The second kappa shape index (κ2) is 15.8. The van der Waals surface area contributed by atoms with Crippen molar-refractivity contribution in [2.45, 2.75) is 84.3 Å². The highest BCUT2D eigenvalue weighted by atomic mass is 35.5. The minimum Gasteiger partial charge on any atom is -0.495 e. The maximum atomic E-state index is 13.6. The first-order valence-electron chi connectivity index (χ1n) is 16.0. The van der Waals surface area contributed by atoms with E-state index < -0.39 is 47.4 Å². The SMILES string of the molecule is COc1ccc(CC2NC(=O)C=CC[C@@H]([C@H](C)[C@H]3O[C@@H]3c3ccccc3)OC(=O)[C@H](CC(C)C)OC(=O)C(C)(C)CNC2=O)cc1Cl. The van der Waals surface area contributed by atoms with Gasteiger partial charge in [-0.15, -0.1) is 0 Å². The standard InChI is InChI=1S/C36H45ClN2O8/c1-21(2)17-29-34(42)45-27(22(3)31-32(47-31)24-11-8-7-9-12-24)13-10-14-30(40)39-26(19-23-15-16-28(44-6)25(37)18-23)33(41)38-20-36(4,5)35(43)46-29/h7-12,14-16,18,21-22,26-27,29,31-32H,13,17,19-20H2,1-6H3,(H,38,41)(H,39,40)/t22-,26?,27-,29-,31+,32+/m0/s1. The Labute approximate surface area is 281 Å². The number of nitrogens with one attached hydrogen (secondary N) is 2. The van der Waals surface area contributed by atoms with Crippen molar-refractivity contribution in [3.8, 4) is 5.75 Å². The lowest BCUT2D eigenvalue weighted by Gasteiger charge is -2.29. The van der Waals surface area contributed by atoms with Crippen LogP contribution < -0.4 is 15.4 Å². The minimum atomic E-state index is -1.20. The monoisotopic (exact) mass is 668 g/mol. The molecule has 1 unspecified atom stereocenters. The number of halogens is 1. The molecule has 0 bridgehead atoms. The fourth-order valence-corrected chi connectivity index (χ4v) is 5.75. The average Bonchev–Trinajstić information content (AvgIpc) is 3.83. The highest BCUT2D eigenvalue weighted by molar-refractivity contribution is 6.32. The molecule has 2 N–H and O–H groups in total. The molecule has 2 heterocycles. The summed E-state index contributed by atoms with van der Waals surface area (Å²) in [6.45, 7) is 8.92. The Balaban J connectivity index is 1.61. The largest absolute Gasteiger partial charge is 0.495 e.